The third kappa shape index (κ3) is 5.21. The molecule has 2 unspecified atom stereocenters. The molecule has 2 fully saturated rings. The molecule has 2 aromatic rings. The number of likely N-dealkylation sites (tertiary alicyclic amines) is 2. The monoisotopic (exact) mass is 483 g/mol. The molecule has 0 aliphatic carbocycles. The Morgan fingerprint density at radius 3 is 2.35 bits per heavy atom. The number of nitrogens with zero attached hydrogens (tertiary/aromatic N) is 3. The smallest absolute Gasteiger partial charge is 0.242 e. The molecule has 1 amide bonds. The number of likely N-dealkylation sites (N-methyl/N-ethyl adjacent to an activating group) is 1. The zero-order chi connectivity index (χ0) is 24.3. The topological polar surface area (TPSA) is 60.9 Å². The number of carbonyl (C=O) groups is 1. The molecule has 3 atom stereocenters. The lowest BCUT2D eigenvalue weighted by Gasteiger charge is -2.46. The fourth-order valence-corrected chi connectivity index (χ4v) is 6.99. The SMILES string of the molecule is CN1C(=O)CCC2CN(CC[C@](C)(CN(C)S(=O)(=O)c3ccccc3)c3ccccc3)CCC21. The van der Waals surface area contributed by atoms with Crippen molar-refractivity contribution in [1.29, 1.82) is 0 Å². The number of sulfonamides is 1. The Morgan fingerprint density at radius 2 is 1.68 bits per heavy atom. The molecule has 2 aliphatic rings. The van der Waals surface area contributed by atoms with Gasteiger partial charge in [-0.1, -0.05) is 55.5 Å². The Morgan fingerprint density at radius 1 is 1.03 bits per heavy atom. The van der Waals surface area contributed by atoms with Crippen LogP contribution in [0.5, 0.6) is 0 Å². The number of carbonyl (C=O) groups excluding carboxylic acids is 1. The van der Waals surface area contributed by atoms with E-state index < -0.39 is 10.0 Å². The maximum absolute atomic E-state index is 13.2. The van der Waals surface area contributed by atoms with Gasteiger partial charge in [0, 0.05) is 51.6 Å². The zero-order valence-corrected chi connectivity index (χ0v) is 21.4. The standard InChI is InChI=1S/C27H37N3O3S/c1-27(23-10-6-4-7-11-23,21-28(2)34(32,33)24-12-8-5-9-13-24)17-19-30-18-16-25-22(20-30)14-15-26(31)29(25)3/h4-13,22,25H,14-21H2,1-3H3/t22?,25?,27-/m1/s1. The highest BCUT2D eigenvalue weighted by atomic mass is 32.2. The lowest BCUT2D eigenvalue weighted by atomic mass is 9.78. The van der Waals surface area contributed by atoms with Gasteiger partial charge in [0.05, 0.1) is 4.90 Å². The summed E-state index contributed by atoms with van der Waals surface area (Å²) < 4.78 is 28.0. The van der Waals surface area contributed by atoms with Crippen LogP contribution in [-0.2, 0) is 20.2 Å². The summed E-state index contributed by atoms with van der Waals surface area (Å²) in [6, 6.07) is 19.3. The molecule has 2 heterocycles. The molecule has 7 heteroatoms. The largest absolute Gasteiger partial charge is 0.342 e. The van der Waals surface area contributed by atoms with Crippen molar-refractivity contribution >= 4 is 15.9 Å². The summed E-state index contributed by atoms with van der Waals surface area (Å²) in [6.07, 6.45) is 3.49. The summed E-state index contributed by atoms with van der Waals surface area (Å²) in [5.74, 6) is 0.801. The van der Waals surface area contributed by atoms with Crippen molar-refractivity contribution < 1.29 is 13.2 Å². The van der Waals surface area contributed by atoms with Crippen LogP contribution in [0.2, 0.25) is 0 Å². The first-order valence-electron chi connectivity index (χ1n) is 12.3. The van der Waals surface area contributed by atoms with E-state index in [0.29, 0.717) is 29.8 Å². The summed E-state index contributed by atoms with van der Waals surface area (Å²) in [5.41, 5.74) is 0.830. The molecule has 2 aliphatic heterocycles. The minimum absolute atomic E-state index is 0.272. The minimum Gasteiger partial charge on any atom is -0.342 e. The van der Waals surface area contributed by atoms with Crippen LogP contribution < -0.4 is 0 Å². The van der Waals surface area contributed by atoms with Crippen LogP contribution in [0.4, 0.5) is 0 Å². The average molecular weight is 484 g/mol. The van der Waals surface area contributed by atoms with Gasteiger partial charge in [-0.3, -0.25) is 4.79 Å². The van der Waals surface area contributed by atoms with E-state index in [2.05, 4.69) is 24.0 Å². The van der Waals surface area contributed by atoms with Gasteiger partial charge < -0.3 is 9.80 Å². The molecular weight excluding hydrogens is 446 g/mol. The molecule has 0 N–H and O–H groups in total. The van der Waals surface area contributed by atoms with Gasteiger partial charge in [-0.25, -0.2) is 12.7 Å². The maximum atomic E-state index is 13.2. The normalized spacial score (nSPS) is 23.5. The van der Waals surface area contributed by atoms with Crippen LogP contribution >= 0.6 is 0 Å². The van der Waals surface area contributed by atoms with Crippen LogP contribution in [0.25, 0.3) is 0 Å². The average Bonchev–Trinajstić information content (AvgIpc) is 2.86. The molecule has 6 nitrogen and oxygen atoms in total. The molecular formula is C27H37N3O3S. The highest BCUT2D eigenvalue weighted by molar-refractivity contribution is 7.89. The highest BCUT2D eigenvalue weighted by Crippen LogP contribution is 2.34. The molecule has 34 heavy (non-hydrogen) atoms. The molecule has 0 spiro atoms. The van der Waals surface area contributed by atoms with Crippen molar-refractivity contribution in [3.05, 3.63) is 66.2 Å². The number of benzene rings is 2. The number of fused-ring (bicyclic) bond motifs is 1. The molecule has 0 saturated carbocycles. The minimum atomic E-state index is -3.57. The second kappa shape index (κ2) is 10.2. The van der Waals surface area contributed by atoms with Crippen molar-refractivity contribution in [2.75, 3.05) is 40.3 Å². The number of piperidine rings is 2. The van der Waals surface area contributed by atoms with E-state index in [-0.39, 0.29) is 11.3 Å². The van der Waals surface area contributed by atoms with E-state index in [0.717, 1.165) is 44.5 Å². The van der Waals surface area contributed by atoms with E-state index >= 15 is 0 Å². The molecule has 184 valence electrons. The summed E-state index contributed by atoms with van der Waals surface area (Å²) in [5, 5.41) is 0. The third-order valence-electron chi connectivity index (χ3n) is 7.87. The van der Waals surface area contributed by atoms with E-state index in [9.17, 15) is 13.2 Å². The van der Waals surface area contributed by atoms with Gasteiger partial charge in [-0.05, 0) is 49.4 Å². The van der Waals surface area contributed by atoms with E-state index in [1.54, 1.807) is 31.3 Å². The first-order valence-corrected chi connectivity index (χ1v) is 13.7. The second-order valence-corrected chi connectivity index (χ2v) is 12.3. The van der Waals surface area contributed by atoms with Gasteiger partial charge in [0.2, 0.25) is 15.9 Å². The first-order chi connectivity index (χ1) is 16.2. The Kier molecular flexibility index (Phi) is 7.45. The summed E-state index contributed by atoms with van der Waals surface area (Å²) in [6.45, 7) is 5.48. The predicted molar refractivity (Wildman–Crippen MR) is 135 cm³/mol. The van der Waals surface area contributed by atoms with Crippen molar-refractivity contribution in [3.8, 4) is 0 Å². The number of hydrogen-bond acceptors (Lipinski definition) is 4. The first kappa shape index (κ1) is 24.9. The lowest BCUT2D eigenvalue weighted by Crippen LogP contribution is -2.55. The van der Waals surface area contributed by atoms with Crippen molar-refractivity contribution in [2.45, 2.75) is 49.0 Å². The van der Waals surface area contributed by atoms with Gasteiger partial charge in [0.25, 0.3) is 0 Å². The molecule has 0 radical (unpaired) electrons. The van der Waals surface area contributed by atoms with Crippen LogP contribution in [0.3, 0.4) is 0 Å². The van der Waals surface area contributed by atoms with Crippen LogP contribution in [0, 0.1) is 5.92 Å². The lowest BCUT2D eigenvalue weighted by molar-refractivity contribution is -0.138. The second-order valence-electron chi connectivity index (χ2n) is 10.2. The maximum Gasteiger partial charge on any atom is 0.242 e. The van der Waals surface area contributed by atoms with E-state index in [1.165, 1.54) is 4.31 Å². The van der Waals surface area contributed by atoms with Gasteiger partial charge >= 0.3 is 0 Å². The Bertz CT molecular complexity index is 1080. The summed E-state index contributed by atoms with van der Waals surface area (Å²) in [7, 11) is 0.0649. The molecule has 2 saturated heterocycles. The van der Waals surface area contributed by atoms with Crippen LogP contribution in [0.15, 0.2) is 65.6 Å². The molecule has 2 aromatic carbocycles. The Hall–Kier alpha value is -2.22. The Labute approximate surface area is 204 Å². The quantitative estimate of drug-likeness (QED) is 0.576. The zero-order valence-electron chi connectivity index (χ0n) is 20.6. The van der Waals surface area contributed by atoms with Crippen molar-refractivity contribution in [2.24, 2.45) is 5.92 Å². The highest BCUT2D eigenvalue weighted by Gasteiger charge is 2.38. The number of hydrogen-bond donors (Lipinski definition) is 0. The van der Waals surface area contributed by atoms with Crippen LogP contribution in [-0.4, -0.2) is 74.7 Å². The Balaban J connectivity index is 1.48. The third-order valence-corrected chi connectivity index (χ3v) is 9.69. The number of amides is 1. The van der Waals surface area contributed by atoms with Crippen molar-refractivity contribution in [1.82, 2.24) is 14.1 Å². The molecule has 0 aromatic heterocycles. The van der Waals surface area contributed by atoms with Gasteiger partial charge in [-0.15, -0.1) is 0 Å². The fraction of sp³-hybridized carbons (Fsp3) is 0.519. The number of rotatable bonds is 8. The van der Waals surface area contributed by atoms with Gasteiger partial charge in [0.15, 0.2) is 0 Å². The van der Waals surface area contributed by atoms with Crippen LogP contribution in [0.1, 0.15) is 38.2 Å². The fourth-order valence-electron chi connectivity index (χ4n) is 5.67. The summed E-state index contributed by atoms with van der Waals surface area (Å²) >= 11 is 0. The molecule has 4 rings (SSSR count). The van der Waals surface area contributed by atoms with E-state index in [4.69, 9.17) is 0 Å². The predicted octanol–water partition coefficient (Wildman–Crippen LogP) is 3.60. The van der Waals surface area contributed by atoms with E-state index in [1.807, 2.05) is 36.2 Å². The van der Waals surface area contributed by atoms with Gasteiger partial charge in [0.1, 0.15) is 0 Å². The van der Waals surface area contributed by atoms with Crippen molar-refractivity contribution in [3.63, 3.8) is 0 Å². The van der Waals surface area contributed by atoms with Gasteiger partial charge in [-0.2, -0.15) is 0 Å². The molecule has 0 bridgehead atoms. The summed E-state index contributed by atoms with van der Waals surface area (Å²) in [4.78, 5) is 16.9.